The van der Waals surface area contributed by atoms with Gasteiger partial charge in [0, 0.05) is 6.54 Å². The van der Waals surface area contributed by atoms with E-state index in [1.165, 1.54) is 0 Å². The first-order chi connectivity index (χ1) is 7.58. The Balaban J connectivity index is 2.72. The number of benzene rings is 1. The van der Waals surface area contributed by atoms with Gasteiger partial charge >= 0.3 is 0 Å². The Labute approximate surface area is 107 Å². The Morgan fingerprint density at radius 2 is 1.81 bits per heavy atom. The highest BCUT2D eigenvalue weighted by Crippen LogP contribution is 2.25. The number of hydrogen-bond donors (Lipinski definition) is 1. The summed E-state index contributed by atoms with van der Waals surface area (Å²) in [6, 6.07) is 5.24. The molecule has 90 valence electrons. The molecule has 16 heavy (non-hydrogen) atoms. The molecule has 0 aliphatic heterocycles. The average Bonchev–Trinajstić information content (AvgIpc) is 2.29. The van der Waals surface area contributed by atoms with Gasteiger partial charge in [-0.1, -0.05) is 43.1 Å². The molecule has 1 rings (SSSR count). The number of hydrogen-bond acceptors (Lipinski definition) is 2. The van der Waals surface area contributed by atoms with E-state index in [0.717, 1.165) is 18.7 Å². The number of likely N-dealkylation sites (N-methyl/N-ethyl adjacent to an activating group) is 1. The van der Waals surface area contributed by atoms with Crippen LogP contribution in [0.15, 0.2) is 18.2 Å². The Morgan fingerprint density at radius 1 is 1.19 bits per heavy atom. The van der Waals surface area contributed by atoms with Crippen LogP contribution in [0, 0.1) is 0 Å². The molecule has 1 N–H and O–H groups in total. The van der Waals surface area contributed by atoms with E-state index in [0.29, 0.717) is 16.6 Å². The predicted molar refractivity (Wildman–Crippen MR) is 69.2 cm³/mol. The number of rotatable bonds is 5. The van der Waals surface area contributed by atoms with Crippen LogP contribution in [0.1, 0.15) is 25.5 Å². The lowest BCUT2D eigenvalue weighted by atomic mass is 10.1. The number of aliphatic hydroxyl groups is 1. The summed E-state index contributed by atoms with van der Waals surface area (Å²) in [5.41, 5.74) is 0.807. The number of nitrogens with zero attached hydrogens (tertiary/aromatic N) is 1. The zero-order chi connectivity index (χ0) is 12.1. The molecular weight excluding hydrogens is 245 g/mol. The standard InChI is InChI=1S/C12H17Cl2NO/c1-3-15(4-2)8-12(16)9-5-6-10(13)11(14)7-9/h5-7,12,16H,3-4,8H2,1-2H3. The normalized spacial score (nSPS) is 13.1. The van der Waals surface area contributed by atoms with Crippen molar-refractivity contribution in [2.75, 3.05) is 19.6 Å². The molecule has 0 fully saturated rings. The first-order valence-corrected chi connectivity index (χ1v) is 6.19. The van der Waals surface area contributed by atoms with E-state index < -0.39 is 6.10 Å². The molecule has 1 aromatic carbocycles. The van der Waals surface area contributed by atoms with Crippen molar-refractivity contribution >= 4 is 23.2 Å². The van der Waals surface area contributed by atoms with Crippen LogP contribution in [-0.2, 0) is 0 Å². The van der Waals surface area contributed by atoms with E-state index in [4.69, 9.17) is 23.2 Å². The van der Waals surface area contributed by atoms with Gasteiger partial charge in [-0.2, -0.15) is 0 Å². The van der Waals surface area contributed by atoms with Gasteiger partial charge in [0.05, 0.1) is 16.1 Å². The highest BCUT2D eigenvalue weighted by atomic mass is 35.5. The third-order valence-corrected chi connectivity index (χ3v) is 3.39. The third-order valence-electron chi connectivity index (χ3n) is 2.65. The molecule has 1 atom stereocenters. The fourth-order valence-corrected chi connectivity index (χ4v) is 1.86. The lowest BCUT2D eigenvalue weighted by Crippen LogP contribution is -2.28. The minimum atomic E-state index is -0.519. The monoisotopic (exact) mass is 261 g/mol. The molecule has 0 aromatic heterocycles. The summed E-state index contributed by atoms with van der Waals surface area (Å²) in [6.45, 7) is 6.62. The summed E-state index contributed by atoms with van der Waals surface area (Å²) >= 11 is 11.7. The van der Waals surface area contributed by atoms with Crippen LogP contribution in [-0.4, -0.2) is 29.6 Å². The van der Waals surface area contributed by atoms with Gasteiger partial charge in [-0.05, 0) is 30.8 Å². The summed E-state index contributed by atoms with van der Waals surface area (Å²) in [7, 11) is 0. The molecule has 1 unspecified atom stereocenters. The van der Waals surface area contributed by atoms with Crippen molar-refractivity contribution in [2.24, 2.45) is 0 Å². The first-order valence-electron chi connectivity index (χ1n) is 5.43. The first kappa shape index (κ1) is 13.8. The second-order valence-electron chi connectivity index (χ2n) is 3.68. The van der Waals surface area contributed by atoms with E-state index in [2.05, 4.69) is 18.7 Å². The van der Waals surface area contributed by atoms with E-state index in [1.807, 2.05) is 6.07 Å². The van der Waals surface area contributed by atoms with Crippen molar-refractivity contribution in [3.8, 4) is 0 Å². The summed E-state index contributed by atoms with van der Waals surface area (Å²) in [5, 5.41) is 11.0. The molecule has 2 nitrogen and oxygen atoms in total. The molecular formula is C12H17Cl2NO. The maximum atomic E-state index is 10.0. The summed E-state index contributed by atoms with van der Waals surface area (Å²) < 4.78 is 0. The summed E-state index contributed by atoms with van der Waals surface area (Å²) in [4.78, 5) is 2.16. The molecule has 0 saturated carbocycles. The van der Waals surface area contributed by atoms with E-state index in [9.17, 15) is 5.11 Å². The minimum Gasteiger partial charge on any atom is -0.387 e. The summed E-state index contributed by atoms with van der Waals surface area (Å²) in [5.74, 6) is 0. The van der Waals surface area contributed by atoms with E-state index >= 15 is 0 Å². The van der Waals surface area contributed by atoms with Gasteiger partial charge in [0.1, 0.15) is 0 Å². The van der Waals surface area contributed by atoms with Crippen LogP contribution < -0.4 is 0 Å². The lowest BCUT2D eigenvalue weighted by molar-refractivity contribution is 0.119. The van der Waals surface area contributed by atoms with Gasteiger partial charge in [0.2, 0.25) is 0 Å². The topological polar surface area (TPSA) is 23.5 Å². The SMILES string of the molecule is CCN(CC)CC(O)c1ccc(Cl)c(Cl)c1. The van der Waals surface area contributed by atoms with Crippen LogP contribution in [0.4, 0.5) is 0 Å². The van der Waals surface area contributed by atoms with Gasteiger partial charge in [0.15, 0.2) is 0 Å². The Morgan fingerprint density at radius 3 is 2.31 bits per heavy atom. The fraction of sp³-hybridized carbons (Fsp3) is 0.500. The van der Waals surface area contributed by atoms with Crippen molar-refractivity contribution in [2.45, 2.75) is 20.0 Å². The quantitative estimate of drug-likeness (QED) is 0.879. The Bertz CT molecular complexity index is 340. The van der Waals surface area contributed by atoms with Crippen molar-refractivity contribution in [3.63, 3.8) is 0 Å². The Kier molecular flexibility index (Phi) is 5.56. The lowest BCUT2D eigenvalue weighted by Gasteiger charge is -2.22. The molecule has 0 radical (unpaired) electrons. The molecule has 0 aliphatic carbocycles. The van der Waals surface area contributed by atoms with Gasteiger partial charge in [-0.3, -0.25) is 0 Å². The number of aliphatic hydroxyl groups excluding tert-OH is 1. The molecule has 0 aliphatic rings. The highest BCUT2D eigenvalue weighted by molar-refractivity contribution is 6.42. The zero-order valence-electron chi connectivity index (χ0n) is 9.58. The second-order valence-corrected chi connectivity index (χ2v) is 4.49. The maximum Gasteiger partial charge on any atom is 0.0917 e. The second kappa shape index (κ2) is 6.45. The van der Waals surface area contributed by atoms with Gasteiger partial charge in [-0.15, -0.1) is 0 Å². The number of halogens is 2. The van der Waals surface area contributed by atoms with Crippen LogP contribution in [0.3, 0.4) is 0 Å². The third kappa shape index (κ3) is 3.63. The molecule has 0 amide bonds. The molecule has 0 spiro atoms. The van der Waals surface area contributed by atoms with Crippen LogP contribution in [0.2, 0.25) is 10.0 Å². The largest absolute Gasteiger partial charge is 0.387 e. The highest BCUT2D eigenvalue weighted by Gasteiger charge is 2.12. The molecule has 0 heterocycles. The zero-order valence-corrected chi connectivity index (χ0v) is 11.1. The average molecular weight is 262 g/mol. The van der Waals surface area contributed by atoms with Crippen LogP contribution in [0.5, 0.6) is 0 Å². The maximum absolute atomic E-state index is 10.0. The summed E-state index contributed by atoms with van der Waals surface area (Å²) in [6.07, 6.45) is -0.519. The van der Waals surface area contributed by atoms with Crippen LogP contribution in [0.25, 0.3) is 0 Å². The van der Waals surface area contributed by atoms with Crippen molar-refractivity contribution < 1.29 is 5.11 Å². The van der Waals surface area contributed by atoms with E-state index in [-0.39, 0.29) is 0 Å². The molecule has 1 aromatic rings. The molecule has 0 saturated heterocycles. The van der Waals surface area contributed by atoms with Gasteiger partial charge in [-0.25, -0.2) is 0 Å². The van der Waals surface area contributed by atoms with Crippen LogP contribution >= 0.6 is 23.2 Å². The predicted octanol–water partition coefficient (Wildman–Crippen LogP) is 3.37. The van der Waals surface area contributed by atoms with Crippen molar-refractivity contribution in [1.82, 2.24) is 4.90 Å². The van der Waals surface area contributed by atoms with E-state index in [1.54, 1.807) is 12.1 Å². The minimum absolute atomic E-state index is 0.484. The van der Waals surface area contributed by atoms with Crippen molar-refractivity contribution in [3.05, 3.63) is 33.8 Å². The smallest absolute Gasteiger partial charge is 0.0917 e. The van der Waals surface area contributed by atoms with Gasteiger partial charge in [0.25, 0.3) is 0 Å². The molecule has 0 bridgehead atoms. The van der Waals surface area contributed by atoms with Crippen molar-refractivity contribution in [1.29, 1.82) is 0 Å². The van der Waals surface area contributed by atoms with Gasteiger partial charge < -0.3 is 10.0 Å². The fourth-order valence-electron chi connectivity index (χ4n) is 1.55. The Hall–Kier alpha value is -0.280. The molecule has 4 heteroatoms.